The number of likely N-dealkylation sites (tertiary alicyclic amines) is 1. The Bertz CT molecular complexity index is 1360. The van der Waals surface area contributed by atoms with E-state index in [0.29, 0.717) is 49.0 Å². The number of nitrogens with two attached hydrogens (primary N) is 2. The Kier molecular flexibility index (Phi) is 10.9. The Morgan fingerprint density at radius 3 is 2.65 bits per heavy atom. The summed E-state index contributed by atoms with van der Waals surface area (Å²) in [4.78, 5) is 52.8. The Morgan fingerprint density at radius 2 is 1.95 bits per heavy atom. The first-order valence-electron chi connectivity index (χ1n) is 14.1. The lowest BCUT2D eigenvalue weighted by Gasteiger charge is -2.24. The highest BCUT2D eigenvalue weighted by molar-refractivity contribution is 6.63. The van der Waals surface area contributed by atoms with Crippen molar-refractivity contribution in [1.29, 1.82) is 0 Å². The molecule has 13 nitrogen and oxygen atoms in total. The molecule has 227 valence electrons. The lowest BCUT2D eigenvalue weighted by atomic mass is 9.78. The number of unbranched alkanes of at least 4 members (excludes halogenated alkanes) is 1. The highest BCUT2D eigenvalue weighted by Crippen LogP contribution is 2.23. The van der Waals surface area contributed by atoms with Gasteiger partial charge in [-0.05, 0) is 65.9 Å². The van der Waals surface area contributed by atoms with Crippen LogP contribution in [-0.2, 0) is 32.1 Å². The molecule has 4 rings (SSSR count). The summed E-state index contributed by atoms with van der Waals surface area (Å²) in [7, 11) is 1.74. The Hall–Kier alpha value is -3.75. The zero-order chi connectivity index (χ0) is 31.1. The number of hydrogen-bond acceptors (Lipinski definition) is 9. The summed E-state index contributed by atoms with van der Waals surface area (Å²) >= 11 is 0. The maximum atomic E-state index is 13.8. The molecule has 0 aromatic heterocycles. The number of carbonyl (C=O) groups excluding carboxylic acids is 4. The molecule has 1 unspecified atom stereocenters. The van der Waals surface area contributed by atoms with Crippen LogP contribution >= 0.6 is 0 Å². The van der Waals surface area contributed by atoms with Crippen LogP contribution in [0.25, 0.3) is 0 Å². The molecule has 2 aromatic rings. The van der Waals surface area contributed by atoms with E-state index in [0.717, 1.165) is 18.5 Å². The summed E-state index contributed by atoms with van der Waals surface area (Å²) in [5, 5.41) is 24.7. The van der Waals surface area contributed by atoms with Crippen molar-refractivity contribution in [2.75, 3.05) is 20.2 Å². The van der Waals surface area contributed by atoms with Crippen LogP contribution in [0.15, 0.2) is 36.4 Å². The van der Waals surface area contributed by atoms with Crippen molar-refractivity contribution in [3.63, 3.8) is 0 Å². The molecule has 1 saturated heterocycles. The van der Waals surface area contributed by atoms with Crippen molar-refractivity contribution in [1.82, 2.24) is 15.5 Å². The monoisotopic (exact) mass is 592 g/mol. The van der Waals surface area contributed by atoms with Crippen molar-refractivity contribution in [3.8, 4) is 0 Å². The molecule has 3 atom stereocenters. The third-order valence-electron chi connectivity index (χ3n) is 7.77. The van der Waals surface area contributed by atoms with E-state index in [1.54, 1.807) is 24.3 Å². The van der Waals surface area contributed by atoms with Crippen molar-refractivity contribution in [2.45, 2.75) is 57.0 Å². The molecular formula is C28H36B2N5O8. The molecular weight excluding hydrogens is 556 g/mol. The van der Waals surface area contributed by atoms with Gasteiger partial charge in [0.15, 0.2) is 0 Å². The summed E-state index contributed by atoms with van der Waals surface area (Å²) in [6.07, 6.45) is 1.71. The molecule has 0 bridgehead atoms. The van der Waals surface area contributed by atoms with Gasteiger partial charge in [0.2, 0.25) is 11.8 Å². The van der Waals surface area contributed by atoms with E-state index in [-0.39, 0.29) is 37.0 Å². The second-order valence-corrected chi connectivity index (χ2v) is 10.7. The SMILES string of the molecule is COB1OCc2ccc(C(=O)N3C[C@H](NC(=O)c4ccc(CO)c([B]O)c4)CC3C(=O)NCCCC[C@H](N)C(N)=O)cc21. The molecule has 0 aliphatic carbocycles. The number of aliphatic hydroxyl groups excluding tert-OH is 1. The summed E-state index contributed by atoms with van der Waals surface area (Å²) in [6, 6.07) is 7.57. The molecule has 0 saturated carbocycles. The molecule has 1 fully saturated rings. The lowest BCUT2D eigenvalue weighted by Crippen LogP contribution is -2.46. The second kappa shape index (κ2) is 14.6. The topological polar surface area (TPSA) is 207 Å². The van der Waals surface area contributed by atoms with Gasteiger partial charge in [-0.2, -0.15) is 0 Å². The van der Waals surface area contributed by atoms with Gasteiger partial charge in [-0.1, -0.05) is 18.2 Å². The van der Waals surface area contributed by atoms with Gasteiger partial charge < -0.3 is 46.4 Å². The Balaban J connectivity index is 1.48. The van der Waals surface area contributed by atoms with Crippen LogP contribution in [0, 0.1) is 0 Å². The van der Waals surface area contributed by atoms with E-state index >= 15 is 0 Å². The van der Waals surface area contributed by atoms with Crippen molar-refractivity contribution in [2.24, 2.45) is 11.5 Å². The molecule has 4 amide bonds. The van der Waals surface area contributed by atoms with E-state index < -0.39 is 37.1 Å². The van der Waals surface area contributed by atoms with Gasteiger partial charge in [-0.3, -0.25) is 19.2 Å². The molecule has 2 aromatic carbocycles. The number of hydrogen-bond donors (Lipinski definition) is 6. The number of amides is 4. The smallest absolute Gasteiger partial charge is 0.450 e. The van der Waals surface area contributed by atoms with Crippen LogP contribution in [0.2, 0.25) is 0 Å². The van der Waals surface area contributed by atoms with Gasteiger partial charge in [0.1, 0.15) is 6.04 Å². The summed E-state index contributed by atoms with van der Waals surface area (Å²) < 4.78 is 11.0. The minimum atomic E-state index is -0.855. The first kappa shape index (κ1) is 32.2. The van der Waals surface area contributed by atoms with E-state index in [2.05, 4.69) is 10.6 Å². The maximum absolute atomic E-state index is 13.8. The van der Waals surface area contributed by atoms with E-state index in [1.165, 1.54) is 24.1 Å². The first-order valence-corrected chi connectivity index (χ1v) is 14.1. The van der Waals surface area contributed by atoms with Gasteiger partial charge >= 0.3 is 14.6 Å². The number of nitrogens with zero attached hydrogens (tertiary/aromatic N) is 1. The standard InChI is InChI=1S/C28H36B2N5O8/c1-42-30-22-11-17(6-8-19(22)15-43-30)28(40)35-13-20(34-26(38)16-5-7-18(14-36)21(10-16)29-41)12-24(35)27(39)33-9-3-2-4-23(31)25(32)37/h5-8,10-11,20,23-24,36,41H,2-4,9,12-15,31H2,1H3,(H2,32,37)(H,33,39)(H,34,38)/t20-,23+,24?/m1/s1. The molecule has 8 N–H and O–H groups in total. The summed E-state index contributed by atoms with van der Waals surface area (Å²) in [6.45, 7) is 0.460. The van der Waals surface area contributed by atoms with E-state index in [1.807, 2.05) is 0 Å². The summed E-state index contributed by atoms with van der Waals surface area (Å²) in [5.41, 5.74) is 13.9. The fraction of sp³-hybridized carbons (Fsp3) is 0.429. The molecule has 2 heterocycles. The van der Waals surface area contributed by atoms with Gasteiger partial charge in [-0.25, -0.2) is 0 Å². The van der Waals surface area contributed by atoms with Crippen molar-refractivity contribution < 1.29 is 38.6 Å². The number of benzene rings is 2. The fourth-order valence-electron chi connectivity index (χ4n) is 5.34. The molecule has 2 aliphatic heterocycles. The Morgan fingerprint density at radius 1 is 1.19 bits per heavy atom. The molecule has 1 radical (unpaired) electrons. The third-order valence-corrected chi connectivity index (χ3v) is 7.77. The van der Waals surface area contributed by atoms with Crippen LogP contribution < -0.4 is 33.0 Å². The normalized spacial score (nSPS) is 18.2. The minimum Gasteiger partial charge on any atom is -0.450 e. The predicted octanol–water partition coefficient (Wildman–Crippen LogP) is -2.60. The van der Waals surface area contributed by atoms with E-state index in [4.69, 9.17) is 20.8 Å². The zero-order valence-electron chi connectivity index (χ0n) is 24.0. The van der Waals surface area contributed by atoms with Gasteiger partial charge in [0.05, 0.1) is 19.3 Å². The number of carbonyl (C=O) groups is 4. The quantitative estimate of drug-likeness (QED) is 0.106. The Labute approximate surface area is 250 Å². The highest BCUT2D eigenvalue weighted by Gasteiger charge is 2.41. The number of nitrogens with one attached hydrogen (secondary N) is 2. The average molecular weight is 592 g/mol. The third kappa shape index (κ3) is 7.61. The average Bonchev–Trinajstić information content (AvgIpc) is 3.63. The molecule has 43 heavy (non-hydrogen) atoms. The number of aliphatic hydroxyl groups is 1. The molecule has 2 aliphatic rings. The van der Waals surface area contributed by atoms with Crippen LogP contribution in [0.1, 0.15) is 57.5 Å². The zero-order valence-corrected chi connectivity index (χ0v) is 24.0. The maximum Gasteiger partial charge on any atom is 0.494 e. The predicted molar refractivity (Wildman–Crippen MR) is 158 cm³/mol. The number of fused-ring (bicyclic) bond motifs is 1. The van der Waals surface area contributed by atoms with Crippen molar-refractivity contribution >= 4 is 49.2 Å². The number of rotatable bonds is 13. The van der Waals surface area contributed by atoms with Crippen molar-refractivity contribution in [3.05, 3.63) is 58.7 Å². The van der Waals surface area contributed by atoms with Crippen LogP contribution in [0.5, 0.6) is 0 Å². The highest BCUT2D eigenvalue weighted by atomic mass is 16.6. The van der Waals surface area contributed by atoms with Crippen LogP contribution in [0.4, 0.5) is 0 Å². The van der Waals surface area contributed by atoms with E-state index in [9.17, 15) is 29.3 Å². The van der Waals surface area contributed by atoms with Gasteiger partial charge in [0.25, 0.3) is 11.8 Å². The lowest BCUT2D eigenvalue weighted by molar-refractivity contribution is -0.125. The van der Waals surface area contributed by atoms with Gasteiger partial charge in [-0.15, -0.1) is 0 Å². The first-order chi connectivity index (χ1) is 20.7. The molecule has 0 spiro atoms. The second-order valence-electron chi connectivity index (χ2n) is 10.7. The number of primary amides is 1. The molecule has 15 heteroatoms. The van der Waals surface area contributed by atoms with Crippen LogP contribution in [-0.4, -0.2) is 91.6 Å². The largest absolute Gasteiger partial charge is 0.494 e. The summed E-state index contributed by atoms with van der Waals surface area (Å²) in [5.74, 6) is -1.77. The van der Waals surface area contributed by atoms with Crippen LogP contribution in [0.3, 0.4) is 0 Å². The minimum absolute atomic E-state index is 0.0884. The fourth-order valence-corrected chi connectivity index (χ4v) is 5.34. The van der Waals surface area contributed by atoms with Gasteiger partial charge in [0, 0.05) is 37.4 Å².